The summed E-state index contributed by atoms with van der Waals surface area (Å²) in [7, 11) is 0. The van der Waals surface area contributed by atoms with E-state index in [4.69, 9.17) is 4.74 Å². The van der Waals surface area contributed by atoms with E-state index in [1.807, 2.05) is 0 Å². The number of aromatic hydroxyl groups is 1. The highest BCUT2D eigenvalue weighted by Crippen LogP contribution is 2.13. The average Bonchev–Trinajstić information content (AvgIpc) is 2.29. The van der Waals surface area contributed by atoms with Gasteiger partial charge in [-0.05, 0) is 12.1 Å². The Morgan fingerprint density at radius 1 is 1.53 bits per heavy atom. The van der Waals surface area contributed by atoms with Crippen LogP contribution in [-0.2, 0) is 4.74 Å². The number of hydrogen-bond donors (Lipinski definition) is 2. The lowest BCUT2D eigenvalue weighted by atomic mass is 10.0. The molecule has 15 heavy (non-hydrogen) atoms. The predicted molar refractivity (Wildman–Crippen MR) is 55.0 cm³/mol. The topological polar surface area (TPSA) is 58.6 Å². The molecule has 0 saturated carbocycles. The van der Waals surface area contributed by atoms with Crippen molar-refractivity contribution in [1.29, 1.82) is 0 Å². The fourth-order valence-corrected chi connectivity index (χ4v) is 1.59. The van der Waals surface area contributed by atoms with Gasteiger partial charge in [0.1, 0.15) is 5.75 Å². The first-order valence-electron chi connectivity index (χ1n) is 4.92. The standard InChI is InChI=1S/C11H13NO3/c13-9-3-1-2-8(6-9)11(14)10-7-15-5-4-12-10/h1-3,6,10,12-13H,4-5,7H2. The van der Waals surface area contributed by atoms with Crippen molar-refractivity contribution in [3.05, 3.63) is 29.8 Å². The van der Waals surface area contributed by atoms with E-state index in [1.165, 1.54) is 6.07 Å². The zero-order valence-corrected chi connectivity index (χ0v) is 8.27. The van der Waals surface area contributed by atoms with Crippen LogP contribution in [0.1, 0.15) is 10.4 Å². The van der Waals surface area contributed by atoms with E-state index in [-0.39, 0.29) is 17.6 Å². The molecule has 2 rings (SSSR count). The number of Topliss-reactive ketones (excluding diaryl/α,β-unsaturated/α-hetero) is 1. The Balaban J connectivity index is 2.12. The van der Waals surface area contributed by atoms with E-state index in [2.05, 4.69) is 5.32 Å². The lowest BCUT2D eigenvalue weighted by molar-refractivity contribution is 0.0607. The molecular weight excluding hydrogens is 194 g/mol. The number of carbonyl (C=O) groups is 1. The summed E-state index contributed by atoms with van der Waals surface area (Å²) in [5.41, 5.74) is 0.512. The molecular formula is C11H13NO3. The molecule has 4 nitrogen and oxygen atoms in total. The highest BCUT2D eigenvalue weighted by molar-refractivity contribution is 6.00. The number of hydrogen-bond acceptors (Lipinski definition) is 4. The van der Waals surface area contributed by atoms with Crippen molar-refractivity contribution in [3.8, 4) is 5.75 Å². The summed E-state index contributed by atoms with van der Waals surface area (Å²) < 4.78 is 5.21. The van der Waals surface area contributed by atoms with E-state index in [0.29, 0.717) is 25.3 Å². The molecule has 1 heterocycles. The molecule has 0 amide bonds. The maximum Gasteiger partial charge on any atom is 0.182 e. The SMILES string of the molecule is O=C(c1cccc(O)c1)C1COCCN1. The molecule has 1 fully saturated rings. The predicted octanol–water partition coefficient (Wildman–Crippen LogP) is 0.563. The third-order valence-electron chi connectivity index (χ3n) is 2.37. The molecule has 0 spiro atoms. The summed E-state index contributed by atoms with van der Waals surface area (Å²) >= 11 is 0. The smallest absolute Gasteiger partial charge is 0.182 e. The van der Waals surface area contributed by atoms with Crippen molar-refractivity contribution in [2.45, 2.75) is 6.04 Å². The minimum absolute atomic E-state index is 0.0365. The number of carbonyl (C=O) groups excluding carboxylic acids is 1. The summed E-state index contributed by atoms with van der Waals surface area (Å²) in [6.45, 7) is 1.73. The van der Waals surface area contributed by atoms with Gasteiger partial charge in [-0.1, -0.05) is 12.1 Å². The third-order valence-corrected chi connectivity index (χ3v) is 2.37. The minimum Gasteiger partial charge on any atom is -0.508 e. The van der Waals surface area contributed by atoms with Gasteiger partial charge in [-0.3, -0.25) is 4.79 Å². The number of phenolic OH excluding ortho intramolecular Hbond substituents is 1. The first-order valence-corrected chi connectivity index (χ1v) is 4.92. The highest BCUT2D eigenvalue weighted by Gasteiger charge is 2.22. The molecule has 4 heteroatoms. The number of rotatable bonds is 2. The number of benzene rings is 1. The fraction of sp³-hybridized carbons (Fsp3) is 0.364. The Hall–Kier alpha value is -1.39. The van der Waals surface area contributed by atoms with E-state index in [1.54, 1.807) is 18.2 Å². The van der Waals surface area contributed by atoms with E-state index in [9.17, 15) is 9.90 Å². The molecule has 1 aromatic carbocycles. The Kier molecular flexibility index (Phi) is 2.99. The van der Waals surface area contributed by atoms with Crippen LogP contribution in [-0.4, -0.2) is 36.7 Å². The molecule has 1 aromatic rings. The minimum atomic E-state index is -0.291. The normalized spacial score (nSPS) is 21.2. The van der Waals surface area contributed by atoms with E-state index < -0.39 is 0 Å². The van der Waals surface area contributed by atoms with Gasteiger partial charge in [0.25, 0.3) is 0 Å². The maximum absolute atomic E-state index is 11.9. The van der Waals surface area contributed by atoms with Crippen LogP contribution >= 0.6 is 0 Å². The molecule has 0 bridgehead atoms. The van der Waals surface area contributed by atoms with Crippen molar-refractivity contribution < 1.29 is 14.6 Å². The van der Waals surface area contributed by atoms with Crippen LogP contribution in [0.2, 0.25) is 0 Å². The zero-order chi connectivity index (χ0) is 10.7. The molecule has 0 aliphatic carbocycles. The Bertz CT molecular complexity index is 359. The van der Waals surface area contributed by atoms with Crippen molar-refractivity contribution in [2.24, 2.45) is 0 Å². The Morgan fingerprint density at radius 3 is 3.07 bits per heavy atom. The van der Waals surface area contributed by atoms with Crippen LogP contribution in [0.25, 0.3) is 0 Å². The second kappa shape index (κ2) is 4.42. The Labute approximate surface area is 87.9 Å². The van der Waals surface area contributed by atoms with Gasteiger partial charge in [0, 0.05) is 12.1 Å². The van der Waals surface area contributed by atoms with Gasteiger partial charge in [0.05, 0.1) is 19.3 Å². The summed E-state index contributed by atoms with van der Waals surface area (Å²) in [4.78, 5) is 11.9. The van der Waals surface area contributed by atoms with Crippen LogP contribution in [0.5, 0.6) is 5.75 Å². The van der Waals surface area contributed by atoms with Gasteiger partial charge in [-0.25, -0.2) is 0 Å². The molecule has 80 valence electrons. The second-order valence-corrected chi connectivity index (χ2v) is 3.50. The number of ether oxygens (including phenoxy) is 1. The van der Waals surface area contributed by atoms with Crippen LogP contribution in [0.15, 0.2) is 24.3 Å². The summed E-state index contributed by atoms with van der Waals surface area (Å²) in [6.07, 6.45) is 0. The van der Waals surface area contributed by atoms with Gasteiger partial charge in [-0.2, -0.15) is 0 Å². The van der Waals surface area contributed by atoms with Crippen molar-refractivity contribution in [3.63, 3.8) is 0 Å². The molecule has 2 N–H and O–H groups in total. The van der Waals surface area contributed by atoms with Crippen molar-refractivity contribution in [1.82, 2.24) is 5.32 Å². The number of ketones is 1. The first kappa shape index (κ1) is 10.1. The maximum atomic E-state index is 11.9. The summed E-state index contributed by atoms with van der Waals surface area (Å²) in [5.74, 6) is 0.0724. The molecule has 1 unspecified atom stereocenters. The summed E-state index contributed by atoms with van der Waals surface area (Å²) in [5, 5.41) is 12.3. The largest absolute Gasteiger partial charge is 0.508 e. The third kappa shape index (κ3) is 2.34. The van der Waals surface area contributed by atoms with Crippen LogP contribution < -0.4 is 5.32 Å². The van der Waals surface area contributed by atoms with Crippen molar-refractivity contribution >= 4 is 5.78 Å². The van der Waals surface area contributed by atoms with Crippen LogP contribution in [0, 0.1) is 0 Å². The monoisotopic (exact) mass is 207 g/mol. The lowest BCUT2D eigenvalue weighted by Gasteiger charge is -2.22. The average molecular weight is 207 g/mol. The van der Waals surface area contributed by atoms with Gasteiger partial charge >= 0.3 is 0 Å². The quantitative estimate of drug-likeness (QED) is 0.696. The highest BCUT2D eigenvalue weighted by atomic mass is 16.5. The number of phenols is 1. The first-order chi connectivity index (χ1) is 7.27. The molecule has 0 radical (unpaired) electrons. The molecule has 1 aliphatic rings. The number of nitrogens with one attached hydrogen (secondary N) is 1. The van der Waals surface area contributed by atoms with Gasteiger partial charge in [-0.15, -0.1) is 0 Å². The Morgan fingerprint density at radius 2 is 2.40 bits per heavy atom. The van der Waals surface area contributed by atoms with E-state index in [0.717, 1.165) is 0 Å². The van der Waals surface area contributed by atoms with Gasteiger partial charge < -0.3 is 15.2 Å². The molecule has 1 atom stereocenters. The number of morpholine rings is 1. The van der Waals surface area contributed by atoms with Crippen LogP contribution in [0.3, 0.4) is 0 Å². The molecule has 1 aliphatic heterocycles. The zero-order valence-electron chi connectivity index (χ0n) is 8.27. The lowest BCUT2D eigenvalue weighted by Crippen LogP contribution is -2.46. The second-order valence-electron chi connectivity index (χ2n) is 3.50. The van der Waals surface area contributed by atoms with Gasteiger partial charge in [0.2, 0.25) is 0 Å². The van der Waals surface area contributed by atoms with E-state index >= 15 is 0 Å². The summed E-state index contributed by atoms with van der Waals surface area (Å²) in [6, 6.07) is 6.07. The molecule has 0 aromatic heterocycles. The fourth-order valence-electron chi connectivity index (χ4n) is 1.59. The molecule has 1 saturated heterocycles. The van der Waals surface area contributed by atoms with Crippen LogP contribution in [0.4, 0.5) is 0 Å². The van der Waals surface area contributed by atoms with Gasteiger partial charge in [0.15, 0.2) is 5.78 Å². The van der Waals surface area contributed by atoms with Crippen molar-refractivity contribution in [2.75, 3.05) is 19.8 Å².